The van der Waals surface area contributed by atoms with Crippen molar-refractivity contribution in [2.24, 2.45) is 0 Å². The first-order valence-corrected chi connectivity index (χ1v) is 8.53. The second-order valence-electron chi connectivity index (χ2n) is 4.98. The van der Waals surface area contributed by atoms with Gasteiger partial charge in [0, 0.05) is 16.3 Å². The zero-order valence-electron chi connectivity index (χ0n) is 11.2. The van der Waals surface area contributed by atoms with Gasteiger partial charge in [-0.15, -0.1) is 22.7 Å². The first-order chi connectivity index (χ1) is 10.3. The Bertz CT molecular complexity index is 743. The van der Waals surface area contributed by atoms with Crippen LogP contribution in [-0.2, 0) is 6.42 Å². The summed E-state index contributed by atoms with van der Waals surface area (Å²) < 4.78 is 5.06. The van der Waals surface area contributed by atoms with Gasteiger partial charge in [0.15, 0.2) is 0 Å². The predicted molar refractivity (Wildman–Crippen MR) is 83.9 cm³/mol. The van der Waals surface area contributed by atoms with Gasteiger partial charge in [0.25, 0.3) is 5.91 Å². The van der Waals surface area contributed by atoms with Crippen molar-refractivity contribution < 1.29 is 9.21 Å². The van der Waals surface area contributed by atoms with E-state index in [1.807, 2.05) is 11.0 Å². The fraction of sp³-hybridized carbons (Fsp3) is 0.188. The number of rotatable bonds is 2. The van der Waals surface area contributed by atoms with Gasteiger partial charge in [-0.25, -0.2) is 0 Å². The lowest BCUT2D eigenvalue weighted by atomic mass is 9.98. The third-order valence-electron chi connectivity index (χ3n) is 3.81. The average molecular weight is 315 g/mol. The fourth-order valence-electron chi connectivity index (χ4n) is 2.84. The van der Waals surface area contributed by atoms with E-state index in [-0.39, 0.29) is 11.9 Å². The summed E-state index contributed by atoms with van der Waals surface area (Å²) in [5, 5.41) is 4.19. The highest BCUT2D eigenvalue weighted by Gasteiger charge is 2.34. The Hall–Kier alpha value is -1.85. The molecule has 0 aromatic carbocycles. The van der Waals surface area contributed by atoms with Gasteiger partial charge in [-0.3, -0.25) is 4.79 Å². The Balaban J connectivity index is 1.78. The van der Waals surface area contributed by atoms with Crippen LogP contribution in [0, 0.1) is 0 Å². The number of nitrogens with zero attached hydrogens (tertiary/aromatic N) is 1. The van der Waals surface area contributed by atoms with Crippen molar-refractivity contribution in [1.82, 2.24) is 4.90 Å². The SMILES string of the molecule is O=C(c1ccoc1)N1CCc2sccc2[C@H]1c1cccs1. The van der Waals surface area contributed by atoms with Crippen LogP contribution in [0.25, 0.3) is 0 Å². The average Bonchev–Trinajstić information content (AvgIpc) is 3.25. The number of fused-ring (bicyclic) bond motifs is 1. The maximum atomic E-state index is 12.8. The lowest BCUT2D eigenvalue weighted by Gasteiger charge is -2.35. The van der Waals surface area contributed by atoms with Gasteiger partial charge in [-0.05, 0) is 40.9 Å². The van der Waals surface area contributed by atoms with Crippen LogP contribution >= 0.6 is 22.7 Å². The molecule has 5 heteroatoms. The molecular formula is C16H13NO2S2. The van der Waals surface area contributed by atoms with E-state index < -0.39 is 0 Å². The number of thiophene rings is 2. The summed E-state index contributed by atoms with van der Waals surface area (Å²) in [4.78, 5) is 17.3. The summed E-state index contributed by atoms with van der Waals surface area (Å²) in [7, 11) is 0. The standard InChI is InChI=1S/C16H13NO2S2/c18-16(11-4-7-19-10-11)17-6-3-13-12(5-9-21-13)15(17)14-2-1-8-20-14/h1-2,4-5,7-10,15H,3,6H2/t15-/m0/s1. The smallest absolute Gasteiger partial charge is 0.257 e. The minimum atomic E-state index is 0.0300. The van der Waals surface area contributed by atoms with E-state index in [1.165, 1.54) is 21.6 Å². The van der Waals surface area contributed by atoms with Crippen LogP contribution in [0.4, 0.5) is 0 Å². The van der Waals surface area contributed by atoms with E-state index in [4.69, 9.17) is 4.42 Å². The lowest BCUT2D eigenvalue weighted by molar-refractivity contribution is 0.0698. The van der Waals surface area contributed by atoms with E-state index in [0.29, 0.717) is 5.56 Å². The molecule has 106 valence electrons. The van der Waals surface area contributed by atoms with Crippen LogP contribution in [-0.4, -0.2) is 17.4 Å². The molecule has 3 nitrogen and oxygen atoms in total. The van der Waals surface area contributed by atoms with Crippen LogP contribution in [0.15, 0.2) is 52.0 Å². The predicted octanol–water partition coefficient (Wildman–Crippen LogP) is 4.19. The molecule has 0 radical (unpaired) electrons. The molecule has 1 atom stereocenters. The van der Waals surface area contributed by atoms with Gasteiger partial charge in [0.2, 0.25) is 0 Å². The normalized spacial score (nSPS) is 17.7. The van der Waals surface area contributed by atoms with Crippen LogP contribution < -0.4 is 0 Å². The molecule has 0 saturated heterocycles. The molecule has 0 N–H and O–H groups in total. The van der Waals surface area contributed by atoms with Crippen molar-refractivity contribution in [2.45, 2.75) is 12.5 Å². The summed E-state index contributed by atoms with van der Waals surface area (Å²) in [6, 6.07) is 8.07. The van der Waals surface area contributed by atoms with Crippen LogP contribution in [0.5, 0.6) is 0 Å². The van der Waals surface area contributed by atoms with E-state index >= 15 is 0 Å². The monoisotopic (exact) mass is 315 g/mol. The number of carbonyl (C=O) groups is 1. The fourth-order valence-corrected chi connectivity index (χ4v) is 4.60. The minimum absolute atomic E-state index is 0.0300. The Morgan fingerprint density at radius 2 is 2.19 bits per heavy atom. The second kappa shape index (κ2) is 5.16. The highest BCUT2D eigenvalue weighted by atomic mass is 32.1. The molecule has 4 rings (SSSR count). The lowest BCUT2D eigenvalue weighted by Crippen LogP contribution is -2.39. The van der Waals surface area contributed by atoms with E-state index in [9.17, 15) is 4.79 Å². The zero-order chi connectivity index (χ0) is 14.2. The van der Waals surface area contributed by atoms with Gasteiger partial charge in [0.1, 0.15) is 6.26 Å². The van der Waals surface area contributed by atoms with Crippen molar-refractivity contribution in [3.8, 4) is 0 Å². The summed E-state index contributed by atoms with van der Waals surface area (Å²) >= 11 is 3.49. The molecular weight excluding hydrogens is 302 g/mol. The van der Waals surface area contributed by atoms with Crippen LogP contribution in [0.3, 0.4) is 0 Å². The molecule has 0 saturated carbocycles. The maximum absolute atomic E-state index is 12.8. The van der Waals surface area contributed by atoms with Crippen molar-refractivity contribution in [3.05, 3.63) is 68.4 Å². The molecule has 4 heterocycles. The highest BCUT2D eigenvalue weighted by Crippen LogP contribution is 2.40. The van der Waals surface area contributed by atoms with Gasteiger partial charge in [0.05, 0.1) is 17.9 Å². The third kappa shape index (κ3) is 2.13. The Morgan fingerprint density at radius 1 is 1.24 bits per heavy atom. The number of hydrogen-bond acceptors (Lipinski definition) is 4. The number of furan rings is 1. The molecule has 1 aliphatic rings. The molecule has 1 aliphatic heterocycles. The van der Waals surface area contributed by atoms with E-state index in [0.717, 1.165) is 13.0 Å². The van der Waals surface area contributed by atoms with Gasteiger partial charge in [-0.2, -0.15) is 0 Å². The van der Waals surface area contributed by atoms with Crippen molar-refractivity contribution in [2.75, 3.05) is 6.54 Å². The maximum Gasteiger partial charge on any atom is 0.257 e. The summed E-state index contributed by atoms with van der Waals surface area (Å²) in [6.45, 7) is 0.750. The topological polar surface area (TPSA) is 33.5 Å². The van der Waals surface area contributed by atoms with Crippen molar-refractivity contribution in [3.63, 3.8) is 0 Å². The molecule has 0 aliphatic carbocycles. The summed E-state index contributed by atoms with van der Waals surface area (Å²) in [6.07, 6.45) is 4.00. The molecule has 0 fully saturated rings. The van der Waals surface area contributed by atoms with Crippen molar-refractivity contribution in [1.29, 1.82) is 0 Å². The van der Waals surface area contributed by atoms with Gasteiger partial charge >= 0.3 is 0 Å². The first-order valence-electron chi connectivity index (χ1n) is 6.77. The van der Waals surface area contributed by atoms with Gasteiger partial charge < -0.3 is 9.32 Å². The Kier molecular flexibility index (Phi) is 3.16. The quantitative estimate of drug-likeness (QED) is 0.710. The molecule has 0 bridgehead atoms. The number of amides is 1. The summed E-state index contributed by atoms with van der Waals surface area (Å²) in [5.41, 5.74) is 1.89. The largest absolute Gasteiger partial charge is 0.472 e. The van der Waals surface area contributed by atoms with Crippen LogP contribution in [0.1, 0.15) is 31.7 Å². The highest BCUT2D eigenvalue weighted by molar-refractivity contribution is 7.10. The molecule has 3 aromatic heterocycles. The molecule has 3 aromatic rings. The minimum Gasteiger partial charge on any atom is -0.472 e. The Morgan fingerprint density at radius 3 is 2.95 bits per heavy atom. The Labute approximate surface area is 130 Å². The van der Waals surface area contributed by atoms with Crippen LogP contribution in [0.2, 0.25) is 0 Å². The van der Waals surface area contributed by atoms with Gasteiger partial charge in [-0.1, -0.05) is 6.07 Å². The zero-order valence-corrected chi connectivity index (χ0v) is 12.8. The van der Waals surface area contributed by atoms with E-state index in [1.54, 1.807) is 35.0 Å². The molecule has 21 heavy (non-hydrogen) atoms. The third-order valence-corrected chi connectivity index (χ3v) is 5.73. The molecule has 1 amide bonds. The second-order valence-corrected chi connectivity index (χ2v) is 6.96. The number of hydrogen-bond donors (Lipinski definition) is 0. The van der Waals surface area contributed by atoms with Crippen molar-refractivity contribution >= 4 is 28.6 Å². The first kappa shape index (κ1) is 12.9. The summed E-state index contributed by atoms with van der Waals surface area (Å²) in [5.74, 6) is 0.0407. The molecule has 0 spiro atoms. The molecule has 0 unspecified atom stereocenters. The van der Waals surface area contributed by atoms with E-state index in [2.05, 4.69) is 22.9 Å². The number of carbonyl (C=O) groups excluding carboxylic acids is 1.